The van der Waals surface area contributed by atoms with Crippen LogP contribution in [0.4, 0.5) is 0 Å². The summed E-state index contributed by atoms with van der Waals surface area (Å²) in [6.07, 6.45) is 13.4. The lowest BCUT2D eigenvalue weighted by Gasteiger charge is -2.73. The third-order valence-electron chi connectivity index (χ3n) is 13.7. The number of hydrogen-bond acceptors (Lipinski definition) is 2. The predicted molar refractivity (Wildman–Crippen MR) is 140 cm³/mol. The minimum absolute atomic E-state index is 0.0550. The number of carbonyl (C=O) groups is 1. The molecule has 0 unspecified atom stereocenters. The number of carbonyl (C=O) groups excluding carboxylic acids is 1. The first kappa shape index (κ1) is 24.9. The fourth-order valence-electron chi connectivity index (χ4n) is 11.9. The molecule has 5 fully saturated rings. The van der Waals surface area contributed by atoms with Crippen molar-refractivity contribution in [3.63, 3.8) is 0 Å². The molecule has 0 aliphatic heterocycles. The quantitative estimate of drug-likeness (QED) is 0.299. The zero-order valence-corrected chi connectivity index (χ0v) is 23.6. The van der Waals surface area contributed by atoms with E-state index < -0.39 is 0 Å². The standard InChI is InChI=1S/C32H52O2/c1-20(2)22-12-15-29(6)18-19-31(8)23(27(22)29)10-11-25-30(7)16-14-26(34-21(3)33)28(4,5)24(30)13-17-32(25,31)9/h22-27H,1,10-19H2,2-9H3/t22-,23+,24+,25-,26+,27+,29-,30-,31+,32-/m0/s1. The highest BCUT2D eigenvalue weighted by Gasteiger charge is 2.70. The van der Waals surface area contributed by atoms with Crippen LogP contribution in [0.3, 0.4) is 0 Å². The molecule has 0 amide bonds. The maximum Gasteiger partial charge on any atom is 0.302 e. The molecule has 5 aliphatic carbocycles. The van der Waals surface area contributed by atoms with Crippen LogP contribution >= 0.6 is 0 Å². The van der Waals surface area contributed by atoms with Gasteiger partial charge in [-0.1, -0.05) is 53.7 Å². The van der Waals surface area contributed by atoms with Gasteiger partial charge in [-0.25, -0.2) is 0 Å². The van der Waals surface area contributed by atoms with Gasteiger partial charge in [0.2, 0.25) is 0 Å². The molecular weight excluding hydrogens is 416 g/mol. The summed E-state index contributed by atoms with van der Waals surface area (Å²) in [5.41, 5.74) is 3.23. The third kappa shape index (κ3) is 3.08. The third-order valence-corrected chi connectivity index (χ3v) is 13.7. The molecule has 0 N–H and O–H groups in total. The summed E-state index contributed by atoms with van der Waals surface area (Å²) >= 11 is 0. The molecule has 0 saturated heterocycles. The average Bonchev–Trinajstić information content (AvgIpc) is 3.08. The van der Waals surface area contributed by atoms with E-state index in [0.717, 1.165) is 30.1 Å². The number of esters is 1. The maximum absolute atomic E-state index is 11.9. The number of allylic oxidation sites excluding steroid dienone is 1. The van der Waals surface area contributed by atoms with E-state index in [2.05, 4.69) is 55.0 Å². The van der Waals surface area contributed by atoms with Gasteiger partial charge < -0.3 is 4.74 Å². The molecule has 2 nitrogen and oxygen atoms in total. The zero-order chi connectivity index (χ0) is 24.9. The largest absolute Gasteiger partial charge is 0.462 e. The second-order valence-electron chi connectivity index (χ2n) is 15.3. The number of ether oxygens (including phenoxy) is 1. The number of fused-ring (bicyclic) bond motifs is 7. The van der Waals surface area contributed by atoms with Gasteiger partial charge in [0.15, 0.2) is 0 Å². The highest BCUT2D eigenvalue weighted by atomic mass is 16.5. The summed E-state index contributed by atoms with van der Waals surface area (Å²) in [7, 11) is 0. The highest BCUT2D eigenvalue weighted by Crippen LogP contribution is 2.77. The highest BCUT2D eigenvalue weighted by molar-refractivity contribution is 5.66. The van der Waals surface area contributed by atoms with Crippen LogP contribution in [-0.4, -0.2) is 12.1 Å². The molecule has 0 heterocycles. The molecule has 0 aromatic heterocycles. The van der Waals surface area contributed by atoms with Crippen LogP contribution in [0.5, 0.6) is 0 Å². The van der Waals surface area contributed by atoms with Crippen molar-refractivity contribution in [3.8, 4) is 0 Å². The van der Waals surface area contributed by atoms with E-state index in [4.69, 9.17) is 4.74 Å². The van der Waals surface area contributed by atoms with E-state index in [0.29, 0.717) is 27.6 Å². The predicted octanol–water partition coefficient (Wildman–Crippen LogP) is 8.60. The number of rotatable bonds is 2. The fraction of sp³-hybridized carbons (Fsp3) is 0.906. The Morgan fingerprint density at radius 2 is 1.47 bits per heavy atom. The summed E-state index contributed by atoms with van der Waals surface area (Å²) in [6, 6.07) is 0. The van der Waals surface area contributed by atoms with Crippen LogP contribution < -0.4 is 0 Å². The summed E-state index contributed by atoms with van der Waals surface area (Å²) < 4.78 is 5.91. The minimum Gasteiger partial charge on any atom is -0.462 e. The van der Waals surface area contributed by atoms with Gasteiger partial charge in [0.1, 0.15) is 6.10 Å². The first-order chi connectivity index (χ1) is 15.7. The van der Waals surface area contributed by atoms with Gasteiger partial charge in [-0.3, -0.25) is 4.79 Å². The van der Waals surface area contributed by atoms with Gasteiger partial charge in [0.05, 0.1) is 0 Å². The Balaban J connectivity index is 1.50. The van der Waals surface area contributed by atoms with E-state index >= 15 is 0 Å². The molecule has 5 rings (SSSR count). The van der Waals surface area contributed by atoms with E-state index in [1.165, 1.54) is 63.4 Å². The first-order valence-corrected chi connectivity index (χ1v) is 14.5. The van der Waals surface area contributed by atoms with Crippen molar-refractivity contribution >= 4 is 5.97 Å². The summed E-state index contributed by atoms with van der Waals surface area (Å²) in [4.78, 5) is 11.9. The number of hydrogen-bond donors (Lipinski definition) is 0. The summed E-state index contributed by atoms with van der Waals surface area (Å²) in [5.74, 6) is 3.74. The van der Waals surface area contributed by atoms with Gasteiger partial charge >= 0.3 is 5.97 Å². The monoisotopic (exact) mass is 468 g/mol. The van der Waals surface area contributed by atoms with Crippen molar-refractivity contribution in [2.45, 2.75) is 126 Å². The Labute approximate surface area is 210 Å². The van der Waals surface area contributed by atoms with Crippen LogP contribution in [-0.2, 0) is 9.53 Å². The van der Waals surface area contributed by atoms with Crippen molar-refractivity contribution in [3.05, 3.63) is 12.2 Å². The van der Waals surface area contributed by atoms with Crippen LogP contribution in [0.25, 0.3) is 0 Å². The fourth-order valence-corrected chi connectivity index (χ4v) is 11.9. The Morgan fingerprint density at radius 3 is 2.12 bits per heavy atom. The van der Waals surface area contributed by atoms with Gasteiger partial charge in [-0.05, 0) is 122 Å². The topological polar surface area (TPSA) is 26.3 Å². The molecule has 0 aromatic carbocycles. The molecule has 5 saturated carbocycles. The maximum atomic E-state index is 11.9. The molecule has 2 heteroatoms. The van der Waals surface area contributed by atoms with Gasteiger partial charge in [0, 0.05) is 12.3 Å². The van der Waals surface area contributed by atoms with Crippen molar-refractivity contribution in [1.82, 2.24) is 0 Å². The molecule has 0 aromatic rings. The van der Waals surface area contributed by atoms with Gasteiger partial charge in [-0.2, -0.15) is 0 Å². The van der Waals surface area contributed by atoms with E-state index in [1.807, 2.05) is 0 Å². The zero-order valence-electron chi connectivity index (χ0n) is 23.6. The Kier molecular flexibility index (Phi) is 5.57. The normalized spacial score (nSPS) is 53.6. The van der Waals surface area contributed by atoms with E-state index in [1.54, 1.807) is 6.92 Å². The average molecular weight is 469 g/mol. The van der Waals surface area contributed by atoms with E-state index in [9.17, 15) is 4.79 Å². The summed E-state index contributed by atoms with van der Waals surface area (Å²) in [5, 5.41) is 0. The Morgan fingerprint density at radius 1 is 0.765 bits per heavy atom. The molecule has 34 heavy (non-hydrogen) atoms. The van der Waals surface area contributed by atoms with E-state index in [-0.39, 0.29) is 17.5 Å². The Bertz CT molecular complexity index is 872. The van der Waals surface area contributed by atoms with Crippen LogP contribution in [0.2, 0.25) is 0 Å². The van der Waals surface area contributed by atoms with Crippen molar-refractivity contribution in [2.24, 2.45) is 56.7 Å². The SMILES string of the molecule is C=C(C)[C@@H]1CC[C@@]2(C)CC[C@]3(C)[C@H](CC[C@H]4[C@@]5(C)CC[C@@H](OC(C)=O)C(C)(C)[C@H]5CC[C@@]43C)[C@@H]12. The van der Waals surface area contributed by atoms with Crippen molar-refractivity contribution in [1.29, 1.82) is 0 Å². The second-order valence-corrected chi connectivity index (χ2v) is 15.3. The lowest BCUT2D eigenvalue weighted by Crippen LogP contribution is -2.66. The van der Waals surface area contributed by atoms with Gasteiger partial charge in [0.25, 0.3) is 0 Å². The first-order valence-electron chi connectivity index (χ1n) is 14.5. The van der Waals surface area contributed by atoms with Crippen molar-refractivity contribution in [2.75, 3.05) is 0 Å². The smallest absolute Gasteiger partial charge is 0.302 e. The lowest BCUT2D eigenvalue weighted by molar-refractivity contribution is -0.248. The molecule has 0 bridgehead atoms. The molecule has 0 radical (unpaired) electrons. The summed E-state index contributed by atoms with van der Waals surface area (Å²) in [6.45, 7) is 23.9. The molecule has 0 spiro atoms. The van der Waals surface area contributed by atoms with Crippen molar-refractivity contribution < 1.29 is 9.53 Å². The lowest BCUT2D eigenvalue weighted by atomic mass is 9.32. The molecular formula is C32H52O2. The van der Waals surface area contributed by atoms with Crippen LogP contribution in [0.15, 0.2) is 12.2 Å². The molecule has 192 valence electrons. The second kappa shape index (κ2) is 7.61. The molecule has 10 atom stereocenters. The van der Waals surface area contributed by atoms with Crippen LogP contribution in [0.1, 0.15) is 120 Å². The minimum atomic E-state index is -0.107. The Hall–Kier alpha value is -0.790. The molecule has 5 aliphatic rings. The van der Waals surface area contributed by atoms with Gasteiger partial charge in [-0.15, -0.1) is 0 Å². The van der Waals surface area contributed by atoms with Crippen LogP contribution in [0, 0.1) is 56.7 Å².